The van der Waals surface area contributed by atoms with Crippen LogP contribution in [0.5, 0.6) is 0 Å². The molecule has 15 heavy (non-hydrogen) atoms. The van der Waals surface area contributed by atoms with E-state index in [4.69, 9.17) is 5.73 Å². The van der Waals surface area contributed by atoms with Crippen LogP contribution in [0.4, 0.5) is 0 Å². The van der Waals surface area contributed by atoms with E-state index in [9.17, 15) is 0 Å². The van der Waals surface area contributed by atoms with Gasteiger partial charge in [-0.25, -0.2) is 0 Å². The Kier molecular flexibility index (Phi) is 2.29. The van der Waals surface area contributed by atoms with Gasteiger partial charge in [-0.2, -0.15) is 0 Å². The number of aromatic amines is 1. The standard InChI is InChI=1S/C12H19N3/c13-5-9-10-6-14-7-11(10)15-12(9)8-3-1-2-4-8/h8,14-15H,1-7,13H2. The SMILES string of the molecule is NCc1c(C2CCCC2)[nH]c2c1CNC2. The Morgan fingerprint density at radius 1 is 1.20 bits per heavy atom. The molecule has 1 fully saturated rings. The minimum absolute atomic E-state index is 0.694. The molecule has 0 radical (unpaired) electrons. The predicted molar refractivity (Wildman–Crippen MR) is 60.4 cm³/mol. The molecule has 1 aliphatic heterocycles. The van der Waals surface area contributed by atoms with Gasteiger partial charge in [0.2, 0.25) is 0 Å². The van der Waals surface area contributed by atoms with Crippen molar-refractivity contribution in [3.8, 4) is 0 Å². The van der Waals surface area contributed by atoms with Crippen molar-refractivity contribution in [1.29, 1.82) is 0 Å². The second kappa shape index (κ2) is 3.65. The van der Waals surface area contributed by atoms with Gasteiger partial charge in [0.1, 0.15) is 0 Å². The summed E-state index contributed by atoms with van der Waals surface area (Å²) in [6.07, 6.45) is 5.47. The van der Waals surface area contributed by atoms with Gasteiger partial charge in [0, 0.05) is 31.0 Å². The Labute approximate surface area is 90.4 Å². The number of H-pyrrole nitrogens is 1. The summed E-state index contributed by atoms with van der Waals surface area (Å²) < 4.78 is 0. The molecule has 0 bridgehead atoms. The van der Waals surface area contributed by atoms with Gasteiger partial charge in [-0.15, -0.1) is 0 Å². The third-order valence-electron chi connectivity index (χ3n) is 3.91. The minimum Gasteiger partial charge on any atom is -0.360 e. The highest BCUT2D eigenvalue weighted by molar-refractivity contribution is 5.41. The van der Waals surface area contributed by atoms with Crippen molar-refractivity contribution in [3.63, 3.8) is 0 Å². The zero-order chi connectivity index (χ0) is 10.3. The Balaban J connectivity index is 1.99. The summed E-state index contributed by atoms with van der Waals surface area (Å²) in [5.41, 5.74) is 11.6. The van der Waals surface area contributed by atoms with E-state index in [1.165, 1.54) is 48.2 Å². The summed E-state index contributed by atoms with van der Waals surface area (Å²) in [6, 6.07) is 0. The fourth-order valence-electron chi connectivity index (χ4n) is 3.13. The lowest BCUT2D eigenvalue weighted by Gasteiger charge is -2.11. The Morgan fingerprint density at radius 3 is 2.73 bits per heavy atom. The summed E-state index contributed by atoms with van der Waals surface area (Å²) in [4.78, 5) is 3.61. The molecule has 0 unspecified atom stereocenters. The highest BCUT2D eigenvalue weighted by Gasteiger charge is 2.26. The van der Waals surface area contributed by atoms with Crippen LogP contribution < -0.4 is 11.1 Å². The van der Waals surface area contributed by atoms with Crippen LogP contribution in [0.15, 0.2) is 0 Å². The summed E-state index contributed by atoms with van der Waals surface area (Å²) in [6.45, 7) is 2.69. The van der Waals surface area contributed by atoms with E-state index in [2.05, 4.69) is 10.3 Å². The molecule has 3 heteroatoms. The van der Waals surface area contributed by atoms with Crippen LogP contribution in [-0.2, 0) is 19.6 Å². The number of hydrogen-bond acceptors (Lipinski definition) is 2. The fourth-order valence-corrected chi connectivity index (χ4v) is 3.13. The molecule has 0 amide bonds. The monoisotopic (exact) mass is 205 g/mol. The first-order chi connectivity index (χ1) is 7.40. The molecule has 4 N–H and O–H groups in total. The zero-order valence-electron chi connectivity index (χ0n) is 9.10. The van der Waals surface area contributed by atoms with E-state index >= 15 is 0 Å². The third-order valence-corrected chi connectivity index (χ3v) is 3.91. The lowest BCUT2D eigenvalue weighted by atomic mass is 9.98. The first-order valence-electron chi connectivity index (χ1n) is 6.03. The molecule has 3 nitrogen and oxygen atoms in total. The summed E-state index contributed by atoms with van der Waals surface area (Å²) >= 11 is 0. The van der Waals surface area contributed by atoms with E-state index in [0.717, 1.165) is 19.0 Å². The Hall–Kier alpha value is -0.800. The maximum absolute atomic E-state index is 5.89. The van der Waals surface area contributed by atoms with Crippen LogP contribution in [0.1, 0.15) is 54.1 Å². The van der Waals surface area contributed by atoms with E-state index in [1.54, 1.807) is 0 Å². The van der Waals surface area contributed by atoms with Crippen LogP contribution in [0.25, 0.3) is 0 Å². The van der Waals surface area contributed by atoms with Gasteiger partial charge < -0.3 is 16.0 Å². The molecule has 0 atom stereocenters. The number of aromatic nitrogens is 1. The van der Waals surface area contributed by atoms with Crippen molar-refractivity contribution < 1.29 is 0 Å². The van der Waals surface area contributed by atoms with Crippen molar-refractivity contribution in [3.05, 3.63) is 22.5 Å². The maximum atomic E-state index is 5.89. The number of nitrogens with two attached hydrogens (primary N) is 1. The molecule has 1 aromatic rings. The molecule has 0 aromatic carbocycles. The van der Waals surface area contributed by atoms with E-state index in [1.807, 2.05) is 0 Å². The van der Waals surface area contributed by atoms with Gasteiger partial charge in [-0.05, 0) is 29.9 Å². The second-order valence-electron chi connectivity index (χ2n) is 4.76. The lowest BCUT2D eigenvalue weighted by Crippen LogP contribution is -2.09. The molecule has 0 spiro atoms. The number of hydrogen-bond donors (Lipinski definition) is 3. The van der Waals surface area contributed by atoms with Gasteiger partial charge in [0.05, 0.1) is 0 Å². The largest absolute Gasteiger partial charge is 0.360 e. The summed E-state index contributed by atoms with van der Waals surface area (Å²) in [7, 11) is 0. The van der Waals surface area contributed by atoms with Gasteiger partial charge >= 0.3 is 0 Å². The third kappa shape index (κ3) is 1.42. The summed E-state index contributed by atoms with van der Waals surface area (Å²) in [5, 5.41) is 3.37. The summed E-state index contributed by atoms with van der Waals surface area (Å²) in [5.74, 6) is 0.758. The average molecular weight is 205 g/mol. The molecule has 1 saturated carbocycles. The zero-order valence-corrected chi connectivity index (χ0v) is 9.10. The second-order valence-corrected chi connectivity index (χ2v) is 4.76. The van der Waals surface area contributed by atoms with Crippen molar-refractivity contribution in [2.45, 2.75) is 51.2 Å². The average Bonchev–Trinajstić information content (AvgIpc) is 2.93. The maximum Gasteiger partial charge on any atom is 0.0363 e. The van der Waals surface area contributed by atoms with Crippen LogP contribution in [-0.4, -0.2) is 4.98 Å². The van der Waals surface area contributed by atoms with E-state index in [-0.39, 0.29) is 0 Å². The van der Waals surface area contributed by atoms with Crippen LogP contribution in [0, 0.1) is 0 Å². The molecule has 2 heterocycles. The lowest BCUT2D eigenvalue weighted by molar-refractivity contribution is 0.674. The van der Waals surface area contributed by atoms with Gasteiger partial charge in [0.25, 0.3) is 0 Å². The van der Waals surface area contributed by atoms with Crippen molar-refractivity contribution >= 4 is 0 Å². The van der Waals surface area contributed by atoms with Crippen molar-refractivity contribution in [2.24, 2.45) is 5.73 Å². The highest BCUT2D eigenvalue weighted by atomic mass is 15.0. The number of nitrogens with one attached hydrogen (secondary N) is 2. The number of rotatable bonds is 2. The first kappa shape index (κ1) is 9.43. The topological polar surface area (TPSA) is 53.8 Å². The van der Waals surface area contributed by atoms with Crippen LogP contribution >= 0.6 is 0 Å². The van der Waals surface area contributed by atoms with Gasteiger partial charge in [-0.3, -0.25) is 0 Å². The Morgan fingerprint density at radius 2 is 2.00 bits per heavy atom. The fraction of sp³-hybridized carbons (Fsp3) is 0.667. The van der Waals surface area contributed by atoms with Gasteiger partial charge in [-0.1, -0.05) is 12.8 Å². The van der Waals surface area contributed by atoms with E-state index < -0.39 is 0 Å². The molecule has 82 valence electrons. The quantitative estimate of drug-likeness (QED) is 0.688. The number of fused-ring (bicyclic) bond motifs is 1. The predicted octanol–water partition coefficient (Wildman–Crippen LogP) is 1.73. The molecular weight excluding hydrogens is 186 g/mol. The molecule has 3 rings (SSSR count). The molecule has 1 aliphatic carbocycles. The Bertz CT molecular complexity index is 361. The van der Waals surface area contributed by atoms with Crippen LogP contribution in [0.3, 0.4) is 0 Å². The normalized spacial score (nSPS) is 21.1. The smallest absolute Gasteiger partial charge is 0.0363 e. The molecule has 0 saturated heterocycles. The van der Waals surface area contributed by atoms with Crippen LogP contribution in [0.2, 0.25) is 0 Å². The molecule has 2 aliphatic rings. The van der Waals surface area contributed by atoms with E-state index in [0.29, 0.717) is 6.54 Å². The highest BCUT2D eigenvalue weighted by Crippen LogP contribution is 2.37. The minimum atomic E-state index is 0.694. The van der Waals surface area contributed by atoms with Crippen molar-refractivity contribution in [1.82, 2.24) is 10.3 Å². The van der Waals surface area contributed by atoms with Crippen molar-refractivity contribution in [2.75, 3.05) is 0 Å². The molecular formula is C12H19N3. The molecule has 1 aromatic heterocycles. The first-order valence-corrected chi connectivity index (χ1v) is 6.03. The van der Waals surface area contributed by atoms with Gasteiger partial charge in [0.15, 0.2) is 0 Å².